The molecule has 1 saturated heterocycles. The Morgan fingerprint density at radius 3 is 3.00 bits per heavy atom. The Hall–Kier alpha value is -0.220. The lowest BCUT2D eigenvalue weighted by molar-refractivity contribution is -0.194. The Kier molecular flexibility index (Phi) is 3.72. The Morgan fingerprint density at radius 2 is 2.45 bits per heavy atom. The third-order valence-electron chi connectivity index (χ3n) is 1.55. The molecule has 0 bridgehead atoms. The van der Waals surface area contributed by atoms with Crippen LogP contribution >= 0.6 is 11.8 Å². The topological polar surface area (TPSA) is 29.5 Å². The van der Waals surface area contributed by atoms with Crippen molar-refractivity contribution in [2.75, 3.05) is 25.2 Å². The van der Waals surface area contributed by atoms with Crippen LogP contribution in [0.4, 0.5) is 0 Å². The van der Waals surface area contributed by atoms with Gasteiger partial charge in [-0.3, -0.25) is 9.63 Å². The van der Waals surface area contributed by atoms with Crippen molar-refractivity contribution in [3.8, 4) is 0 Å². The van der Waals surface area contributed by atoms with Crippen molar-refractivity contribution in [3.63, 3.8) is 0 Å². The monoisotopic (exact) mass is 175 g/mol. The van der Waals surface area contributed by atoms with Gasteiger partial charge >= 0.3 is 0 Å². The number of nitrogens with zero attached hydrogens (tertiary/aromatic N) is 1. The molecular formula is C7H13NO2S. The van der Waals surface area contributed by atoms with Gasteiger partial charge in [0.2, 0.25) is 0 Å². The van der Waals surface area contributed by atoms with E-state index in [1.165, 1.54) is 16.8 Å². The molecule has 0 N–H and O–H groups in total. The van der Waals surface area contributed by atoms with Gasteiger partial charge in [0, 0.05) is 6.54 Å². The van der Waals surface area contributed by atoms with Crippen molar-refractivity contribution < 1.29 is 9.63 Å². The van der Waals surface area contributed by atoms with E-state index in [4.69, 9.17) is 4.84 Å². The summed E-state index contributed by atoms with van der Waals surface area (Å²) in [6, 6.07) is 0. The minimum atomic E-state index is 0.0946. The highest BCUT2D eigenvalue weighted by molar-refractivity contribution is 7.99. The Balaban J connectivity index is 2.27. The molecule has 0 spiro atoms. The first-order valence-corrected chi connectivity index (χ1v) is 5.16. The zero-order chi connectivity index (χ0) is 8.10. The maximum atomic E-state index is 11.2. The summed E-state index contributed by atoms with van der Waals surface area (Å²) in [5.41, 5.74) is 0. The van der Waals surface area contributed by atoms with Crippen LogP contribution in [0, 0.1) is 0 Å². The second-order valence-electron chi connectivity index (χ2n) is 2.47. The van der Waals surface area contributed by atoms with E-state index in [9.17, 15) is 4.79 Å². The van der Waals surface area contributed by atoms with Crippen LogP contribution in [0.15, 0.2) is 0 Å². The zero-order valence-electron chi connectivity index (χ0n) is 6.71. The van der Waals surface area contributed by atoms with Gasteiger partial charge in [-0.05, 0) is 19.1 Å². The van der Waals surface area contributed by atoms with Gasteiger partial charge in [0.05, 0.1) is 12.4 Å². The summed E-state index contributed by atoms with van der Waals surface area (Å²) in [5.74, 6) is 0.622. The van der Waals surface area contributed by atoms with Crippen LogP contribution in [0.25, 0.3) is 0 Å². The van der Waals surface area contributed by atoms with E-state index in [1.54, 1.807) is 0 Å². The summed E-state index contributed by atoms with van der Waals surface area (Å²) in [7, 11) is 0. The Labute approximate surface area is 71.0 Å². The Bertz CT molecular complexity index is 134. The van der Waals surface area contributed by atoms with Gasteiger partial charge in [-0.15, -0.1) is 0 Å². The maximum Gasteiger partial charge on any atom is 0.256 e. The fourth-order valence-electron chi connectivity index (χ4n) is 0.989. The number of hydrogen-bond acceptors (Lipinski definition) is 3. The molecule has 0 aromatic carbocycles. The molecule has 1 amide bonds. The van der Waals surface area contributed by atoms with Crippen molar-refractivity contribution in [1.82, 2.24) is 5.06 Å². The highest BCUT2D eigenvalue weighted by Crippen LogP contribution is 2.07. The highest BCUT2D eigenvalue weighted by Gasteiger charge is 2.16. The molecule has 1 aliphatic rings. The molecule has 0 radical (unpaired) electrons. The average molecular weight is 175 g/mol. The van der Waals surface area contributed by atoms with Gasteiger partial charge < -0.3 is 0 Å². The lowest BCUT2D eigenvalue weighted by Crippen LogP contribution is -2.36. The fraction of sp³-hybridized carbons (Fsp3) is 0.857. The van der Waals surface area contributed by atoms with E-state index in [-0.39, 0.29) is 5.91 Å². The number of rotatable bonds is 2. The first kappa shape index (κ1) is 8.87. The molecule has 64 valence electrons. The van der Waals surface area contributed by atoms with E-state index in [0.717, 1.165) is 19.4 Å². The van der Waals surface area contributed by atoms with Crippen LogP contribution in [0.1, 0.15) is 12.8 Å². The molecular weight excluding hydrogens is 162 g/mol. The van der Waals surface area contributed by atoms with Crippen molar-refractivity contribution >= 4 is 17.7 Å². The largest absolute Gasteiger partial charge is 0.272 e. The fourth-order valence-corrected chi connectivity index (χ4v) is 1.38. The number of carbonyl (C=O) groups excluding carboxylic acids is 1. The van der Waals surface area contributed by atoms with Crippen LogP contribution < -0.4 is 0 Å². The summed E-state index contributed by atoms with van der Waals surface area (Å²) in [6.45, 7) is 1.46. The summed E-state index contributed by atoms with van der Waals surface area (Å²) in [5, 5.41) is 1.49. The molecule has 1 rings (SSSR count). The quantitative estimate of drug-likeness (QED) is 0.624. The average Bonchev–Trinajstić information content (AvgIpc) is 2.07. The van der Waals surface area contributed by atoms with Crippen molar-refractivity contribution in [2.24, 2.45) is 0 Å². The number of amides is 1. The second kappa shape index (κ2) is 4.62. The van der Waals surface area contributed by atoms with Crippen LogP contribution in [0.5, 0.6) is 0 Å². The van der Waals surface area contributed by atoms with E-state index in [2.05, 4.69) is 0 Å². The molecule has 0 atom stereocenters. The molecule has 0 unspecified atom stereocenters. The zero-order valence-corrected chi connectivity index (χ0v) is 7.52. The molecule has 0 saturated carbocycles. The first-order chi connectivity index (χ1) is 5.34. The summed E-state index contributed by atoms with van der Waals surface area (Å²) in [6.07, 6.45) is 4.06. The molecule has 1 heterocycles. The van der Waals surface area contributed by atoms with Gasteiger partial charge in [0.15, 0.2) is 0 Å². The SMILES string of the molecule is CSCC(=O)N1CCCCO1. The van der Waals surface area contributed by atoms with Crippen molar-refractivity contribution in [1.29, 1.82) is 0 Å². The van der Waals surface area contributed by atoms with E-state index < -0.39 is 0 Å². The Morgan fingerprint density at radius 1 is 1.64 bits per heavy atom. The third kappa shape index (κ3) is 2.71. The lowest BCUT2D eigenvalue weighted by atomic mass is 10.3. The van der Waals surface area contributed by atoms with Gasteiger partial charge in [-0.1, -0.05) is 0 Å². The van der Waals surface area contributed by atoms with Crippen LogP contribution in [0.3, 0.4) is 0 Å². The smallest absolute Gasteiger partial charge is 0.256 e. The van der Waals surface area contributed by atoms with E-state index in [0.29, 0.717) is 12.4 Å². The van der Waals surface area contributed by atoms with Crippen LogP contribution in [-0.4, -0.2) is 36.1 Å². The minimum Gasteiger partial charge on any atom is -0.272 e. The first-order valence-electron chi connectivity index (χ1n) is 3.77. The molecule has 1 fully saturated rings. The second-order valence-corrected chi connectivity index (χ2v) is 3.34. The summed E-state index contributed by atoms with van der Waals surface area (Å²) >= 11 is 1.53. The standard InChI is InChI=1S/C7H13NO2S/c1-11-6-7(9)8-4-2-3-5-10-8/h2-6H2,1H3. The van der Waals surface area contributed by atoms with Crippen LogP contribution in [0.2, 0.25) is 0 Å². The molecule has 11 heavy (non-hydrogen) atoms. The van der Waals surface area contributed by atoms with Gasteiger partial charge in [0.1, 0.15) is 0 Å². The summed E-state index contributed by atoms with van der Waals surface area (Å²) in [4.78, 5) is 16.3. The third-order valence-corrected chi connectivity index (χ3v) is 2.08. The molecule has 0 aromatic heterocycles. The molecule has 3 nitrogen and oxygen atoms in total. The molecule has 1 aliphatic heterocycles. The van der Waals surface area contributed by atoms with Crippen molar-refractivity contribution in [2.45, 2.75) is 12.8 Å². The van der Waals surface area contributed by atoms with Gasteiger partial charge in [-0.2, -0.15) is 11.8 Å². The van der Waals surface area contributed by atoms with Crippen LogP contribution in [-0.2, 0) is 9.63 Å². The minimum absolute atomic E-state index is 0.0946. The van der Waals surface area contributed by atoms with Gasteiger partial charge in [0.25, 0.3) is 5.91 Å². The molecule has 4 heteroatoms. The predicted molar refractivity (Wildman–Crippen MR) is 45.3 cm³/mol. The number of thioether (sulfide) groups is 1. The van der Waals surface area contributed by atoms with E-state index in [1.807, 2.05) is 6.26 Å². The normalized spacial score (nSPS) is 18.5. The molecule has 0 aliphatic carbocycles. The number of hydrogen-bond donors (Lipinski definition) is 0. The summed E-state index contributed by atoms with van der Waals surface area (Å²) < 4.78 is 0. The lowest BCUT2D eigenvalue weighted by Gasteiger charge is -2.25. The van der Waals surface area contributed by atoms with E-state index >= 15 is 0 Å². The maximum absolute atomic E-state index is 11.2. The van der Waals surface area contributed by atoms with Crippen molar-refractivity contribution in [3.05, 3.63) is 0 Å². The number of carbonyl (C=O) groups is 1. The highest BCUT2D eigenvalue weighted by atomic mass is 32.2. The molecule has 0 aromatic rings. The predicted octanol–water partition coefficient (Wildman–Crippen LogP) is 0.903. The number of hydroxylamine groups is 2. The van der Waals surface area contributed by atoms with Gasteiger partial charge in [-0.25, -0.2) is 5.06 Å².